The third-order valence-corrected chi connectivity index (χ3v) is 5.42. The number of thioether (sulfide) groups is 1. The fraction of sp³-hybridized carbons (Fsp3) is 0.130. The van der Waals surface area contributed by atoms with Gasteiger partial charge in [-0.25, -0.2) is 9.37 Å². The van der Waals surface area contributed by atoms with Crippen LogP contribution >= 0.6 is 11.8 Å². The molecule has 3 nitrogen and oxygen atoms in total. The zero-order chi connectivity index (χ0) is 19.2. The summed E-state index contributed by atoms with van der Waals surface area (Å²) < 4.78 is 13.3. The van der Waals surface area contributed by atoms with E-state index in [1.54, 1.807) is 36.3 Å². The number of pyridine rings is 1. The highest BCUT2D eigenvalue weighted by Crippen LogP contribution is 2.32. The molecule has 0 saturated carbocycles. The Labute approximate surface area is 168 Å². The Morgan fingerprint density at radius 2 is 1.61 bits per heavy atom. The number of nitrogens with one attached hydrogen (secondary N) is 1. The lowest BCUT2D eigenvalue weighted by molar-refractivity contribution is 0.628. The molecule has 2 aromatic carbocycles. The van der Waals surface area contributed by atoms with Gasteiger partial charge >= 0.3 is 0 Å². The van der Waals surface area contributed by atoms with E-state index in [4.69, 9.17) is 4.98 Å². The number of H-pyrrole nitrogens is 1. The van der Waals surface area contributed by atoms with Crippen LogP contribution in [0.1, 0.15) is 12.0 Å². The van der Waals surface area contributed by atoms with E-state index in [2.05, 4.69) is 34.2 Å². The second kappa shape index (κ2) is 8.85. The van der Waals surface area contributed by atoms with Crippen LogP contribution in [0.25, 0.3) is 22.5 Å². The first-order chi connectivity index (χ1) is 13.8. The Kier molecular flexibility index (Phi) is 5.83. The highest BCUT2D eigenvalue weighted by atomic mass is 32.2. The third kappa shape index (κ3) is 4.49. The van der Waals surface area contributed by atoms with Gasteiger partial charge < -0.3 is 4.98 Å². The molecule has 140 valence electrons. The summed E-state index contributed by atoms with van der Waals surface area (Å²) in [6.07, 6.45) is 5.64. The van der Waals surface area contributed by atoms with Crippen molar-refractivity contribution >= 4 is 11.8 Å². The van der Waals surface area contributed by atoms with Crippen LogP contribution in [-0.4, -0.2) is 20.7 Å². The van der Waals surface area contributed by atoms with E-state index >= 15 is 0 Å². The van der Waals surface area contributed by atoms with Crippen LogP contribution in [0, 0.1) is 5.82 Å². The van der Waals surface area contributed by atoms with Crippen molar-refractivity contribution in [1.82, 2.24) is 15.0 Å². The monoisotopic (exact) mass is 389 g/mol. The predicted molar refractivity (Wildman–Crippen MR) is 113 cm³/mol. The lowest BCUT2D eigenvalue weighted by atomic mass is 10.1. The van der Waals surface area contributed by atoms with Crippen molar-refractivity contribution in [2.75, 3.05) is 5.75 Å². The van der Waals surface area contributed by atoms with Crippen molar-refractivity contribution in [3.63, 3.8) is 0 Å². The molecule has 2 heterocycles. The number of aryl methyl sites for hydroxylation is 1. The average molecular weight is 389 g/mol. The second-order valence-electron chi connectivity index (χ2n) is 6.45. The van der Waals surface area contributed by atoms with Crippen LogP contribution in [-0.2, 0) is 6.42 Å². The molecule has 28 heavy (non-hydrogen) atoms. The summed E-state index contributed by atoms with van der Waals surface area (Å²) in [5.74, 6) is 0.727. The van der Waals surface area contributed by atoms with Crippen LogP contribution in [0.2, 0.25) is 0 Å². The summed E-state index contributed by atoms with van der Waals surface area (Å²) in [4.78, 5) is 12.3. The standard InChI is InChI=1S/C23H20FN3S/c24-20-10-8-18(9-11-20)21-22(19-12-14-25-15-13-19)27-23(26-21)28-16-4-7-17-5-2-1-3-6-17/h1-3,5-6,8-15H,4,7,16H2,(H,26,27). The molecule has 4 rings (SSSR count). The molecule has 2 aromatic heterocycles. The van der Waals surface area contributed by atoms with Gasteiger partial charge in [0.05, 0.1) is 11.4 Å². The van der Waals surface area contributed by atoms with E-state index in [0.29, 0.717) is 0 Å². The van der Waals surface area contributed by atoms with Crippen molar-refractivity contribution in [3.05, 3.63) is 90.5 Å². The van der Waals surface area contributed by atoms with E-state index in [9.17, 15) is 4.39 Å². The van der Waals surface area contributed by atoms with Gasteiger partial charge in [-0.1, -0.05) is 42.1 Å². The molecule has 4 aromatic rings. The Hall–Kier alpha value is -2.92. The number of hydrogen-bond acceptors (Lipinski definition) is 3. The van der Waals surface area contributed by atoms with Crippen molar-refractivity contribution < 1.29 is 4.39 Å². The van der Waals surface area contributed by atoms with Crippen LogP contribution < -0.4 is 0 Å². The molecule has 0 atom stereocenters. The summed E-state index contributed by atoms with van der Waals surface area (Å²) in [5.41, 5.74) is 5.02. The molecule has 0 amide bonds. The summed E-state index contributed by atoms with van der Waals surface area (Å²) in [5, 5.41) is 0.874. The minimum atomic E-state index is -0.246. The van der Waals surface area contributed by atoms with E-state index in [1.165, 1.54) is 17.7 Å². The number of imidazole rings is 1. The highest BCUT2D eigenvalue weighted by Gasteiger charge is 2.14. The Morgan fingerprint density at radius 1 is 0.857 bits per heavy atom. The lowest BCUT2D eigenvalue weighted by Gasteiger charge is -2.02. The number of benzene rings is 2. The molecule has 0 aliphatic rings. The highest BCUT2D eigenvalue weighted by molar-refractivity contribution is 7.99. The zero-order valence-electron chi connectivity index (χ0n) is 15.3. The molecule has 0 aliphatic heterocycles. The molecule has 0 saturated heterocycles. The van der Waals surface area contributed by atoms with Gasteiger partial charge in [-0.2, -0.15) is 0 Å². The number of halogens is 1. The number of hydrogen-bond donors (Lipinski definition) is 1. The number of rotatable bonds is 7. The lowest BCUT2D eigenvalue weighted by Crippen LogP contribution is -1.88. The van der Waals surface area contributed by atoms with Crippen LogP contribution in [0.4, 0.5) is 4.39 Å². The SMILES string of the molecule is Fc1ccc(-c2[nH]c(SCCCc3ccccc3)nc2-c2ccncc2)cc1. The minimum absolute atomic E-state index is 0.246. The molecule has 0 spiro atoms. The Morgan fingerprint density at radius 3 is 2.36 bits per heavy atom. The van der Waals surface area contributed by atoms with E-state index < -0.39 is 0 Å². The third-order valence-electron chi connectivity index (χ3n) is 4.46. The number of aromatic nitrogens is 3. The van der Waals surface area contributed by atoms with E-state index in [0.717, 1.165) is 46.3 Å². The van der Waals surface area contributed by atoms with Crippen LogP contribution in [0.15, 0.2) is 84.3 Å². The second-order valence-corrected chi connectivity index (χ2v) is 7.53. The first kappa shape index (κ1) is 18.4. The average Bonchev–Trinajstić information content (AvgIpc) is 3.17. The summed E-state index contributed by atoms with van der Waals surface area (Å²) in [7, 11) is 0. The zero-order valence-corrected chi connectivity index (χ0v) is 16.1. The fourth-order valence-electron chi connectivity index (χ4n) is 3.05. The molecule has 5 heteroatoms. The largest absolute Gasteiger partial charge is 0.332 e. The molecular weight excluding hydrogens is 369 g/mol. The predicted octanol–water partition coefficient (Wildman–Crippen LogP) is 6.00. The summed E-state index contributed by atoms with van der Waals surface area (Å²) in [6, 6.07) is 20.9. The first-order valence-corrected chi connectivity index (χ1v) is 10.2. The first-order valence-electron chi connectivity index (χ1n) is 9.23. The quantitative estimate of drug-likeness (QED) is 0.311. The van der Waals surface area contributed by atoms with Gasteiger partial charge in [-0.15, -0.1) is 0 Å². The van der Waals surface area contributed by atoms with Crippen LogP contribution in [0.3, 0.4) is 0 Å². The molecule has 0 radical (unpaired) electrons. The topological polar surface area (TPSA) is 41.6 Å². The van der Waals surface area contributed by atoms with Gasteiger partial charge in [-0.3, -0.25) is 4.98 Å². The van der Waals surface area contributed by atoms with Gasteiger partial charge in [0.1, 0.15) is 5.82 Å². The van der Waals surface area contributed by atoms with Gasteiger partial charge in [0.15, 0.2) is 5.16 Å². The van der Waals surface area contributed by atoms with Gasteiger partial charge in [0.25, 0.3) is 0 Å². The van der Waals surface area contributed by atoms with Gasteiger partial charge in [0, 0.05) is 29.3 Å². The van der Waals surface area contributed by atoms with Crippen molar-refractivity contribution in [3.8, 4) is 22.5 Å². The van der Waals surface area contributed by atoms with Gasteiger partial charge in [-0.05, 0) is 54.8 Å². The maximum Gasteiger partial charge on any atom is 0.166 e. The van der Waals surface area contributed by atoms with Crippen LogP contribution in [0.5, 0.6) is 0 Å². The summed E-state index contributed by atoms with van der Waals surface area (Å²) >= 11 is 1.71. The molecular formula is C23H20FN3S. The molecule has 1 N–H and O–H groups in total. The molecule has 0 fully saturated rings. The summed E-state index contributed by atoms with van der Waals surface area (Å²) in [6.45, 7) is 0. The minimum Gasteiger partial charge on any atom is -0.332 e. The van der Waals surface area contributed by atoms with Crippen molar-refractivity contribution in [2.24, 2.45) is 0 Å². The maximum absolute atomic E-state index is 13.3. The van der Waals surface area contributed by atoms with E-state index in [-0.39, 0.29) is 5.82 Å². The molecule has 0 unspecified atom stereocenters. The Balaban J connectivity index is 1.52. The van der Waals surface area contributed by atoms with Crippen molar-refractivity contribution in [2.45, 2.75) is 18.0 Å². The fourth-order valence-corrected chi connectivity index (χ4v) is 3.87. The van der Waals surface area contributed by atoms with Gasteiger partial charge in [0.2, 0.25) is 0 Å². The molecule has 0 aliphatic carbocycles. The Bertz CT molecular complexity index is 1010. The van der Waals surface area contributed by atoms with Crippen molar-refractivity contribution in [1.29, 1.82) is 0 Å². The normalized spacial score (nSPS) is 10.9. The smallest absolute Gasteiger partial charge is 0.166 e. The number of aromatic amines is 1. The van der Waals surface area contributed by atoms with E-state index in [1.807, 2.05) is 18.2 Å². The number of nitrogens with zero attached hydrogens (tertiary/aromatic N) is 2. The maximum atomic E-state index is 13.3. The molecule has 0 bridgehead atoms.